The second-order valence-corrected chi connectivity index (χ2v) is 4.54. The summed E-state index contributed by atoms with van der Waals surface area (Å²) in [5, 5.41) is 0. The first-order valence-corrected chi connectivity index (χ1v) is 6.07. The van der Waals surface area contributed by atoms with E-state index in [0.717, 1.165) is 5.56 Å². The molecule has 0 heterocycles. The van der Waals surface area contributed by atoms with Crippen molar-refractivity contribution < 1.29 is 14.4 Å². The summed E-state index contributed by atoms with van der Waals surface area (Å²) in [5.41, 5.74) is 0.848. The van der Waals surface area contributed by atoms with E-state index in [4.69, 9.17) is 0 Å². The first-order chi connectivity index (χ1) is 8.50. The highest BCUT2D eigenvalue weighted by Gasteiger charge is 2.21. The minimum atomic E-state index is -0.414. The van der Waals surface area contributed by atoms with E-state index in [0.29, 0.717) is 0 Å². The fourth-order valence-electron chi connectivity index (χ4n) is 1.86. The standard InChI is InChI=1S/C15H18O3/c1-11(16)8-9-15(18)14(10-12(2)17)13-6-4-3-5-7-13/h3-7,14H,8-10H2,1-2H3. The zero-order valence-electron chi connectivity index (χ0n) is 10.8. The molecule has 0 spiro atoms. The van der Waals surface area contributed by atoms with Crippen LogP contribution in [0.1, 0.15) is 44.6 Å². The maximum atomic E-state index is 12.1. The summed E-state index contributed by atoms with van der Waals surface area (Å²) in [7, 11) is 0. The summed E-state index contributed by atoms with van der Waals surface area (Å²) in [6.45, 7) is 2.95. The molecule has 18 heavy (non-hydrogen) atoms. The van der Waals surface area contributed by atoms with E-state index in [1.54, 1.807) is 0 Å². The smallest absolute Gasteiger partial charge is 0.141 e. The minimum Gasteiger partial charge on any atom is -0.300 e. The number of hydrogen-bond acceptors (Lipinski definition) is 3. The molecule has 0 aromatic heterocycles. The number of carbonyl (C=O) groups is 3. The number of rotatable bonds is 7. The molecule has 0 bridgehead atoms. The third-order valence-corrected chi connectivity index (χ3v) is 2.81. The molecule has 0 amide bonds. The third kappa shape index (κ3) is 4.62. The number of ketones is 3. The van der Waals surface area contributed by atoms with Gasteiger partial charge in [-0.2, -0.15) is 0 Å². The fourth-order valence-corrected chi connectivity index (χ4v) is 1.86. The molecule has 1 unspecified atom stereocenters. The average Bonchev–Trinajstić information content (AvgIpc) is 2.34. The van der Waals surface area contributed by atoms with E-state index in [1.807, 2.05) is 30.3 Å². The predicted octanol–water partition coefficient (Wildman–Crippen LogP) is 2.69. The molecular weight excluding hydrogens is 228 g/mol. The van der Waals surface area contributed by atoms with Gasteiger partial charge in [-0.15, -0.1) is 0 Å². The fraction of sp³-hybridized carbons (Fsp3) is 0.400. The van der Waals surface area contributed by atoms with Crippen LogP contribution in [0, 0.1) is 0 Å². The maximum absolute atomic E-state index is 12.1. The van der Waals surface area contributed by atoms with Crippen LogP contribution in [0.2, 0.25) is 0 Å². The lowest BCUT2D eigenvalue weighted by molar-refractivity contribution is -0.126. The van der Waals surface area contributed by atoms with Crippen molar-refractivity contribution in [1.82, 2.24) is 0 Å². The summed E-state index contributed by atoms with van der Waals surface area (Å²) in [6.07, 6.45) is 0.670. The van der Waals surface area contributed by atoms with Crippen molar-refractivity contribution in [1.29, 1.82) is 0 Å². The second-order valence-electron chi connectivity index (χ2n) is 4.54. The highest BCUT2D eigenvalue weighted by atomic mass is 16.1. The molecular formula is C15H18O3. The largest absolute Gasteiger partial charge is 0.300 e. The van der Waals surface area contributed by atoms with Gasteiger partial charge in [0.05, 0.1) is 0 Å². The van der Waals surface area contributed by atoms with Crippen LogP contribution in [0.5, 0.6) is 0 Å². The topological polar surface area (TPSA) is 51.2 Å². The van der Waals surface area contributed by atoms with E-state index in [-0.39, 0.29) is 36.6 Å². The lowest BCUT2D eigenvalue weighted by Crippen LogP contribution is -2.16. The van der Waals surface area contributed by atoms with E-state index in [2.05, 4.69) is 0 Å². The van der Waals surface area contributed by atoms with Crippen molar-refractivity contribution in [2.24, 2.45) is 0 Å². The van der Waals surface area contributed by atoms with Crippen molar-refractivity contribution in [3.8, 4) is 0 Å². The highest BCUT2D eigenvalue weighted by Crippen LogP contribution is 2.23. The molecule has 96 valence electrons. The van der Waals surface area contributed by atoms with Gasteiger partial charge in [0.1, 0.15) is 17.3 Å². The van der Waals surface area contributed by atoms with Crippen LogP contribution < -0.4 is 0 Å². The van der Waals surface area contributed by atoms with Crippen LogP contribution in [0.4, 0.5) is 0 Å². The molecule has 1 atom stereocenters. The van der Waals surface area contributed by atoms with Gasteiger partial charge in [0.2, 0.25) is 0 Å². The molecule has 0 aliphatic carbocycles. The normalized spacial score (nSPS) is 11.9. The molecule has 0 aliphatic rings. The Bertz CT molecular complexity index is 434. The molecule has 1 rings (SSSR count). The van der Waals surface area contributed by atoms with Crippen molar-refractivity contribution >= 4 is 17.3 Å². The minimum absolute atomic E-state index is 0.00186. The number of hydrogen-bond donors (Lipinski definition) is 0. The molecule has 1 aromatic rings. The SMILES string of the molecule is CC(=O)CCC(=O)C(CC(C)=O)c1ccccc1. The second kappa shape index (κ2) is 6.84. The Hall–Kier alpha value is -1.77. The van der Waals surface area contributed by atoms with E-state index in [1.165, 1.54) is 13.8 Å². The zero-order valence-corrected chi connectivity index (χ0v) is 10.8. The third-order valence-electron chi connectivity index (χ3n) is 2.81. The molecule has 3 heteroatoms. The van der Waals surface area contributed by atoms with Crippen molar-refractivity contribution in [3.63, 3.8) is 0 Å². The Morgan fingerprint density at radius 1 is 0.944 bits per heavy atom. The van der Waals surface area contributed by atoms with E-state index < -0.39 is 5.92 Å². The quantitative estimate of drug-likeness (QED) is 0.743. The Balaban J connectivity index is 2.81. The van der Waals surface area contributed by atoms with Gasteiger partial charge in [-0.3, -0.25) is 9.59 Å². The van der Waals surface area contributed by atoms with Crippen molar-refractivity contribution in [3.05, 3.63) is 35.9 Å². The summed E-state index contributed by atoms with van der Waals surface area (Å²) >= 11 is 0. The van der Waals surface area contributed by atoms with Crippen LogP contribution >= 0.6 is 0 Å². The van der Waals surface area contributed by atoms with Gasteiger partial charge < -0.3 is 4.79 Å². The van der Waals surface area contributed by atoms with Crippen LogP contribution in [-0.4, -0.2) is 17.3 Å². The average molecular weight is 246 g/mol. The Morgan fingerprint density at radius 2 is 1.56 bits per heavy atom. The Kier molecular flexibility index (Phi) is 5.43. The molecule has 3 nitrogen and oxygen atoms in total. The molecule has 1 aromatic carbocycles. The lowest BCUT2D eigenvalue weighted by Gasteiger charge is -2.14. The van der Waals surface area contributed by atoms with Crippen LogP contribution in [0.25, 0.3) is 0 Å². The zero-order chi connectivity index (χ0) is 13.5. The molecule has 0 aliphatic heterocycles. The van der Waals surface area contributed by atoms with Crippen LogP contribution in [-0.2, 0) is 14.4 Å². The van der Waals surface area contributed by atoms with Gasteiger partial charge >= 0.3 is 0 Å². The summed E-state index contributed by atoms with van der Waals surface area (Å²) in [5.74, 6) is -0.465. The first kappa shape index (κ1) is 14.3. The monoisotopic (exact) mass is 246 g/mol. The number of benzene rings is 1. The summed E-state index contributed by atoms with van der Waals surface area (Å²) in [6, 6.07) is 9.26. The van der Waals surface area contributed by atoms with E-state index >= 15 is 0 Å². The van der Waals surface area contributed by atoms with E-state index in [9.17, 15) is 14.4 Å². The number of carbonyl (C=O) groups excluding carboxylic acids is 3. The lowest BCUT2D eigenvalue weighted by atomic mass is 9.88. The Labute approximate surface area is 107 Å². The summed E-state index contributed by atoms with van der Waals surface area (Å²) < 4.78 is 0. The summed E-state index contributed by atoms with van der Waals surface area (Å²) in [4.78, 5) is 34.2. The molecule has 0 fully saturated rings. The Morgan fingerprint density at radius 3 is 2.06 bits per heavy atom. The highest BCUT2D eigenvalue weighted by molar-refractivity contribution is 5.93. The van der Waals surface area contributed by atoms with Crippen LogP contribution in [0.3, 0.4) is 0 Å². The molecule has 0 saturated heterocycles. The van der Waals surface area contributed by atoms with Crippen LogP contribution in [0.15, 0.2) is 30.3 Å². The van der Waals surface area contributed by atoms with Gasteiger partial charge in [-0.05, 0) is 19.4 Å². The van der Waals surface area contributed by atoms with Gasteiger partial charge in [-0.25, -0.2) is 0 Å². The number of Topliss-reactive ketones (excluding diaryl/α,β-unsaturated/α-hetero) is 3. The van der Waals surface area contributed by atoms with Gasteiger partial charge in [0.15, 0.2) is 0 Å². The first-order valence-electron chi connectivity index (χ1n) is 6.07. The van der Waals surface area contributed by atoms with Gasteiger partial charge in [0.25, 0.3) is 0 Å². The van der Waals surface area contributed by atoms with Gasteiger partial charge in [-0.1, -0.05) is 30.3 Å². The molecule has 0 saturated carbocycles. The molecule has 0 radical (unpaired) electrons. The molecule has 0 N–H and O–H groups in total. The maximum Gasteiger partial charge on any atom is 0.141 e. The van der Waals surface area contributed by atoms with Crippen molar-refractivity contribution in [2.45, 2.75) is 39.0 Å². The predicted molar refractivity (Wildman–Crippen MR) is 69.4 cm³/mol. The van der Waals surface area contributed by atoms with Crippen molar-refractivity contribution in [2.75, 3.05) is 0 Å². The van der Waals surface area contributed by atoms with Gasteiger partial charge in [0, 0.05) is 25.2 Å².